The molecule has 0 heterocycles. The fraction of sp³-hybridized carbons (Fsp3) is 0.632. The van der Waals surface area contributed by atoms with Crippen molar-refractivity contribution in [1.29, 1.82) is 0 Å². The minimum Gasteiger partial charge on any atom is -0.381 e. The first kappa shape index (κ1) is 18.0. The van der Waals surface area contributed by atoms with Gasteiger partial charge in [0, 0.05) is 24.6 Å². The van der Waals surface area contributed by atoms with Gasteiger partial charge in [-0.15, -0.1) is 0 Å². The molecule has 4 unspecified atom stereocenters. The first-order valence-corrected chi connectivity index (χ1v) is 8.63. The third-order valence-corrected chi connectivity index (χ3v) is 5.84. The van der Waals surface area contributed by atoms with Crippen LogP contribution in [0.4, 0.5) is 0 Å². The predicted molar refractivity (Wildman–Crippen MR) is 92.9 cm³/mol. The Morgan fingerprint density at radius 3 is 2.48 bits per heavy atom. The molecule has 0 saturated heterocycles. The summed E-state index contributed by atoms with van der Waals surface area (Å²) in [6, 6.07) is 9.70. The van der Waals surface area contributed by atoms with Crippen LogP contribution < -0.4 is 11.1 Å². The molecule has 0 radical (unpaired) electrons. The van der Waals surface area contributed by atoms with Gasteiger partial charge >= 0.3 is 0 Å². The van der Waals surface area contributed by atoms with Crippen LogP contribution in [0.2, 0.25) is 0 Å². The van der Waals surface area contributed by atoms with Crippen molar-refractivity contribution in [3.05, 3.63) is 35.9 Å². The second-order valence-corrected chi connectivity index (χ2v) is 6.69. The van der Waals surface area contributed by atoms with Crippen molar-refractivity contribution in [1.82, 2.24) is 5.32 Å². The van der Waals surface area contributed by atoms with Crippen LogP contribution >= 0.6 is 0 Å². The molecular weight excluding hydrogens is 288 g/mol. The Labute approximate surface area is 139 Å². The zero-order chi connectivity index (χ0) is 17.0. The average Bonchev–Trinajstić information content (AvgIpc) is 2.58. The van der Waals surface area contributed by atoms with E-state index >= 15 is 0 Å². The number of carbonyl (C=O) groups excluding carboxylic acids is 1. The summed E-state index contributed by atoms with van der Waals surface area (Å²) < 4.78 is 5.60. The molecule has 4 nitrogen and oxygen atoms in total. The van der Waals surface area contributed by atoms with Crippen LogP contribution in [0.15, 0.2) is 30.3 Å². The SMILES string of the molecule is CCC1(CC)C(NC(=O)C(C)C(N)c2ccccc2)CC1OC. The van der Waals surface area contributed by atoms with E-state index in [2.05, 4.69) is 19.2 Å². The highest BCUT2D eigenvalue weighted by Crippen LogP contribution is 2.48. The largest absolute Gasteiger partial charge is 0.381 e. The Balaban J connectivity index is 2.01. The number of rotatable bonds is 7. The molecule has 1 aliphatic carbocycles. The maximum absolute atomic E-state index is 12.6. The van der Waals surface area contributed by atoms with E-state index in [1.54, 1.807) is 7.11 Å². The second kappa shape index (κ2) is 7.45. The smallest absolute Gasteiger partial charge is 0.224 e. The van der Waals surface area contributed by atoms with Crippen molar-refractivity contribution in [2.75, 3.05) is 7.11 Å². The van der Waals surface area contributed by atoms with Crippen molar-refractivity contribution < 1.29 is 9.53 Å². The molecule has 4 heteroatoms. The lowest BCUT2D eigenvalue weighted by atomic mass is 9.58. The predicted octanol–water partition coefficient (Wildman–Crippen LogP) is 3.03. The molecule has 0 aromatic heterocycles. The highest BCUT2D eigenvalue weighted by molar-refractivity contribution is 5.79. The monoisotopic (exact) mass is 318 g/mol. The summed E-state index contributed by atoms with van der Waals surface area (Å²) in [5, 5.41) is 3.22. The Hall–Kier alpha value is -1.39. The van der Waals surface area contributed by atoms with Crippen molar-refractivity contribution in [3.8, 4) is 0 Å². The zero-order valence-electron chi connectivity index (χ0n) is 14.7. The van der Waals surface area contributed by atoms with Crippen molar-refractivity contribution in [2.24, 2.45) is 17.1 Å². The number of carbonyl (C=O) groups is 1. The van der Waals surface area contributed by atoms with Crippen LogP contribution in [-0.4, -0.2) is 25.2 Å². The molecule has 4 atom stereocenters. The first-order valence-electron chi connectivity index (χ1n) is 8.63. The average molecular weight is 318 g/mol. The van der Waals surface area contributed by atoms with Gasteiger partial charge in [0.25, 0.3) is 0 Å². The minimum absolute atomic E-state index is 0.0344. The van der Waals surface area contributed by atoms with Gasteiger partial charge in [-0.05, 0) is 24.8 Å². The van der Waals surface area contributed by atoms with Gasteiger partial charge in [0.15, 0.2) is 0 Å². The second-order valence-electron chi connectivity index (χ2n) is 6.69. The number of nitrogens with one attached hydrogen (secondary N) is 1. The standard InChI is InChI=1S/C19H30N2O2/c1-5-19(6-2)15(12-16(19)23-4)21-18(22)13(3)17(20)14-10-8-7-9-11-14/h7-11,13,15-17H,5-6,12,20H2,1-4H3,(H,21,22). The normalized spacial score (nSPS) is 25.3. The highest BCUT2D eigenvalue weighted by Gasteiger charge is 2.53. The molecule has 1 fully saturated rings. The zero-order valence-corrected chi connectivity index (χ0v) is 14.7. The number of methoxy groups -OCH3 is 1. The van der Waals surface area contributed by atoms with Crippen LogP contribution in [0.3, 0.4) is 0 Å². The Morgan fingerprint density at radius 2 is 1.96 bits per heavy atom. The Bertz CT molecular complexity index is 513. The van der Waals surface area contributed by atoms with E-state index in [0.29, 0.717) is 0 Å². The molecule has 2 rings (SSSR count). The fourth-order valence-corrected chi connectivity index (χ4v) is 3.91. The van der Waals surface area contributed by atoms with Gasteiger partial charge in [-0.2, -0.15) is 0 Å². The molecule has 128 valence electrons. The van der Waals surface area contributed by atoms with E-state index in [1.165, 1.54) is 0 Å². The topological polar surface area (TPSA) is 64.4 Å². The molecule has 0 spiro atoms. The first-order chi connectivity index (χ1) is 11.0. The van der Waals surface area contributed by atoms with Crippen LogP contribution in [0, 0.1) is 11.3 Å². The highest BCUT2D eigenvalue weighted by atomic mass is 16.5. The van der Waals surface area contributed by atoms with Crippen LogP contribution in [0.1, 0.15) is 51.6 Å². The van der Waals surface area contributed by atoms with E-state index < -0.39 is 0 Å². The summed E-state index contributed by atoms with van der Waals surface area (Å²) in [5.74, 6) is -0.224. The molecule has 1 amide bonds. The lowest BCUT2D eigenvalue weighted by molar-refractivity contribution is -0.144. The van der Waals surface area contributed by atoms with Crippen molar-refractivity contribution in [2.45, 2.75) is 58.2 Å². The third kappa shape index (κ3) is 3.29. The van der Waals surface area contributed by atoms with Gasteiger partial charge in [-0.25, -0.2) is 0 Å². The minimum atomic E-state index is -0.285. The van der Waals surface area contributed by atoms with Gasteiger partial charge in [0.05, 0.1) is 12.0 Å². The van der Waals surface area contributed by atoms with Crippen LogP contribution in [0.25, 0.3) is 0 Å². The van der Waals surface area contributed by atoms with Gasteiger partial charge < -0.3 is 15.8 Å². The molecule has 0 aliphatic heterocycles. The number of hydrogen-bond donors (Lipinski definition) is 2. The Kier molecular flexibility index (Phi) is 5.82. The maximum atomic E-state index is 12.6. The summed E-state index contributed by atoms with van der Waals surface area (Å²) in [4.78, 5) is 12.6. The van der Waals surface area contributed by atoms with Gasteiger partial charge in [-0.1, -0.05) is 51.1 Å². The molecule has 0 bridgehead atoms. The quantitative estimate of drug-likeness (QED) is 0.812. The van der Waals surface area contributed by atoms with E-state index in [0.717, 1.165) is 24.8 Å². The Morgan fingerprint density at radius 1 is 1.35 bits per heavy atom. The summed E-state index contributed by atoms with van der Waals surface area (Å²) in [7, 11) is 1.76. The molecular formula is C19H30N2O2. The lowest BCUT2D eigenvalue weighted by Crippen LogP contribution is -2.64. The molecule has 1 saturated carbocycles. The maximum Gasteiger partial charge on any atom is 0.224 e. The molecule has 3 N–H and O–H groups in total. The van der Waals surface area contributed by atoms with Gasteiger partial charge in [0.1, 0.15) is 0 Å². The van der Waals surface area contributed by atoms with Crippen molar-refractivity contribution in [3.63, 3.8) is 0 Å². The lowest BCUT2D eigenvalue weighted by Gasteiger charge is -2.55. The molecule has 23 heavy (non-hydrogen) atoms. The fourth-order valence-electron chi connectivity index (χ4n) is 3.91. The van der Waals surface area contributed by atoms with Crippen molar-refractivity contribution >= 4 is 5.91 Å². The number of amides is 1. The molecule has 1 aliphatic rings. The summed E-state index contributed by atoms with van der Waals surface area (Å²) in [5.41, 5.74) is 7.33. The van der Waals surface area contributed by atoms with Gasteiger partial charge in [-0.3, -0.25) is 4.79 Å². The van der Waals surface area contributed by atoms with Crippen LogP contribution in [-0.2, 0) is 9.53 Å². The number of ether oxygens (including phenoxy) is 1. The summed E-state index contributed by atoms with van der Waals surface area (Å²) in [6.07, 6.45) is 3.14. The molecule has 1 aromatic carbocycles. The number of nitrogens with two attached hydrogens (primary N) is 1. The van der Waals surface area contributed by atoms with E-state index in [-0.39, 0.29) is 35.4 Å². The summed E-state index contributed by atoms with van der Waals surface area (Å²) >= 11 is 0. The third-order valence-electron chi connectivity index (χ3n) is 5.84. The van der Waals surface area contributed by atoms with E-state index in [1.807, 2.05) is 37.3 Å². The van der Waals surface area contributed by atoms with Gasteiger partial charge in [0.2, 0.25) is 5.91 Å². The van der Waals surface area contributed by atoms with E-state index in [4.69, 9.17) is 10.5 Å². The summed E-state index contributed by atoms with van der Waals surface area (Å²) in [6.45, 7) is 6.25. The van der Waals surface area contributed by atoms with E-state index in [9.17, 15) is 4.79 Å². The number of hydrogen-bond acceptors (Lipinski definition) is 3. The molecule has 1 aromatic rings. The number of benzene rings is 1. The van der Waals surface area contributed by atoms with Crippen LogP contribution in [0.5, 0.6) is 0 Å².